The molecule has 2 saturated heterocycles. The first-order valence-electron chi connectivity index (χ1n) is 11.7. The molecule has 2 unspecified atom stereocenters. The average molecular weight is 581 g/mol. The Kier molecular flexibility index (Phi) is 7.08. The van der Waals surface area contributed by atoms with Crippen molar-refractivity contribution in [3.05, 3.63) is 69.2 Å². The molecule has 3 amide bonds. The van der Waals surface area contributed by atoms with Crippen molar-refractivity contribution in [1.29, 1.82) is 0 Å². The van der Waals surface area contributed by atoms with Crippen LogP contribution in [-0.4, -0.2) is 72.3 Å². The first kappa shape index (κ1) is 27.0. The van der Waals surface area contributed by atoms with E-state index in [1.807, 2.05) is 0 Å². The molecule has 2 atom stereocenters. The molecule has 0 saturated carbocycles. The average Bonchev–Trinajstić information content (AvgIpc) is 3.38. The normalized spacial score (nSPS) is 21.4. The van der Waals surface area contributed by atoms with Gasteiger partial charge in [-0.2, -0.15) is 18.3 Å². The number of nitrogens with zero attached hydrogens (tertiary/aromatic N) is 4. The summed E-state index contributed by atoms with van der Waals surface area (Å²) in [5, 5.41) is 23.8. The highest BCUT2D eigenvalue weighted by atomic mass is 35.5. The van der Waals surface area contributed by atoms with Gasteiger partial charge in [0.05, 0.1) is 47.4 Å². The fourth-order valence-corrected chi connectivity index (χ4v) is 5.80. The number of carboxylic acid groups (broad SMARTS) is 1. The van der Waals surface area contributed by atoms with E-state index in [0.29, 0.717) is 28.2 Å². The van der Waals surface area contributed by atoms with Gasteiger partial charge in [0, 0.05) is 17.0 Å². The molecule has 39 heavy (non-hydrogen) atoms. The van der Waals surface area contributed by atoms with Crippen molar-refractivity contribution >= 4 is 57.6 Å². The van der Waals surface area contributed by atoms with Gasteiger partial charge in [-0.25, -0.2) is 4.79 Å². The zero-order valence-electron chi connectivity index (χ0n) is 19.9. The second-order valence-electron chi connectivity index (χ2n) is 9.12. The summed E-state index contributed by atoms with van der Waals surface area (Å²) in [4.78, 5) is 39.0. The zero-order chi connectivity index (χ0) is 28.1. The first-order chi connectivity index (χ1) is 18.4. The monoisotopic (exact) mass is 580 g/mol. The van der Waals surface area contributed by atoms with Crippen LogP contribution in [0.15, 0.2) is 47.5 Å². The van der Waals surface area contributed by atoms with Crippen LogP contribution in [0.4, 0.5) is 22.8 Å². The first-order valence-corrected chi connectivity index (χ1v) is 12.9. The number of halogens is 4. The minimum atomic E-state index is -4.58. The fourth-order valence-electron chi connectivity index (χ4n) is 4.74. The summed E-state index contributed by atoms with van der Waals surface area (Å²) >= 11 is 6.49. The largest absolute Gasteiger partial charge is 0.465 e. The number of β-amino-alcohol motifs (C(OH)–C–C–N with tert-alkyl or cyclic N) is 1. The highest BCUT2D eigenvalue weighted by molar-refractivity contribution is 8.18. The third kappa shape index (κ3) is 5.34. The Hall–Kier alpha value is -3.55. The van der Waals surface area contributed by atoms with Crippen LogP contribution >= 0.6 is 23.4 Å². The van der Waals surface area contributed by atoms with Crippen LogP contribution in [0.2, 0.25) is 5.02 Å². The summed E-state index contributed by atoms with van der Waals surface area (Å²) in [5.74, 6) is -0.587. The number of amides is 3. The number of hydrogen-bond acceptors (Lipinski definition) is 6. The van der Waals surface area contributed by atoms with Crippen molar-refractivity contribution in [2.45, 2.75) is 31.3 Å². The van der Waals surface area contributed by atoms with E-state index in [0.717, 1.165) is 15.9 Å². The molecule has 2 N–H and O–H groups in total. The van der Waals surface area contributed by atoms with E-state index in [4.69, 9.17) is 16.7 Å². The molecule has 2 aliphatic rings. The Morgan fingerprint density at radius 1 is 1.21 bits per heavy atom. The van der Waals surface area contributed by atoms with Gasteiger partial charge in [0.15, 0.2) is 0 Å². The molecule has 0 bridgehead atoms. The molecule has 204 valence electrons. The number of aliphatic hydroxyl groups excluding tert-OH is 1. The number of hydrogen-bond donors (Lipinski definition) is 2. The molecule has 3 aromatic rings. The number of rotatable bonds is 4. The molecule has 14 heteroatoms. The van der Waals surface area contributed by atoms with E-state index in [-0.39, 0.29) is 41.5 Å². The van der Waals surface area contributed by atoms with Gasteiger partial charge in [-0.05, 0) is 59.7 Å². The highest BCUT2D eigenvalue weighted by Gasteiger charge is 2.45. The number of carbonyl (C=O) groups is 3. The third-order valence-electron chi connectivity index (χ3n) is 6.63. The lowest BCUT2D eigenvalue weighted by Gasteiger charge is -2.37. The number of benzene rings is 2. The molecule has 0 aliphatic carbocycles. The Balaban J connectivity index is 1.36. The van der Waals surface area contributed by atoms with Crippen LogP contribution < -0.4 is 0 Å². The molecule has 2 aromatic carbocycles. The number of imide groups is 1. The van der Waals surface area contributed by atoms with Gasteiger partial charge in [0.25, 0.3) is 11.1 Å². The lowest BCUT2D eigenvalue weighted by molar-refractivity contribution is -0.138. The molecule has 2 fully saturated rings. The van der Waals surface area contributed by atoms with Crippen LogP contribution in [0.5, 0.6) is 0 Å². The highest BCUT2D eigenvalue weighted by Crippen LogP contribution is 2.37. The van der Waals surface area contributed by atoms with Crippen molar-refractivity contribution in [1.82, 2.24) is 19.6 Å². The van der Waals surface area contributed by atoms with Crippen molar-refractivity contribution in [3.8, 4) is 0 Å². The van der Waals surface area contributed by atoms with Crippen molar-refractivity contribution < 1.29 is 37.8 Å². The molecular formula is C25H20ClF3N4O5S. The molecule has 0 radical (unpaired) electrons. The van der Waals surface area contributed by atoms with Gasteiger partial charge in [0.1, 0.15) is 0 Å². The number of fused-ring (bicyclic) bond motifs is 1. The third-order valence-corrected chi connectivity index (χ3v) is 7.75. The number of aliphatic hydroxyl groups is 1. The maximum atomic E-state index is 13.5. The van der Waals surface area contributed by atoms with Crippen molar-refractivity contribution in [2.75, 3.05) is 13.1 Å². The van der Waals surface area contributed by atoms with E-state index in [9.17, 15) is 32.7 Å². The number of aromatic nitrogens is 2. The van der Waals surface area contributed by atoms with Gasteiger partial charge >= 0.3 is 12.3 Å². The molecule has 0 spiro atoms. The Morgan fingerprint density at radius 2 is 1.97 bits per heavy atom. The quantitative estimate of drug-likeness (QED) is 0.421. The Bertz CT molecular complexity index is 1530. The summed E-state index contributed by atoms with van der Waals surface area (Å²) in [6, 6.07) is 7.74. The number of likely N-dealkylation sites (tertiary alicyclic amines) is 1. The maximum Gasteiger partial charge on any atom is 0.416 e. The van der Waals surface area contributed by atoms with Crippen molar-refractivity contribution in [2.24, 2.45) is 0 Å². The summed E-state index contributed by atoms with van der Waals surface area (Å²) in [6.45, 7) is -0.266. The number of piperidine rings is 1. The van der Waals surface area contributed by atoms with E-state index in [2.05, 4.69) is 5.10 Å². The lowest BCUT2D eigenvalue weighted by atomic mass is 10.0. The number of thioether (sulfide) groups is 1. The standard InChI is InChI=1S/C25H20ClF3N4O5S/c26-16-3-2-14(17(9-16)25(27,28)29)11-32-18-4-1-13(7-15(18)10-30-32)8-21-22(35)33(24(38)39-21)19-5-6-31(23(36)37)12-20(19)34/h1-4,7-10,19-20,34H,5-6,11-12H2,(H,36,37). The fraction of sp³-hybridized carbons (Fsp3) is 0.280. The Labute approximate surface area is 228 Å². The van der Waals surface area contributed by atoms with Crippen LogP contribution in [0.1, 0.15) is 23.1 Å². The number of carbonyl (C=O) groups excluding carboxylic acids is 2. The molecule has 3 heterocycles. The summed E-state index contributed by atoms with van der Waals surface area (Å²) < 4.78 is 41.9. The van der Waals surface area contributed by atoms with Crippen LogP contribution in [0, 0.1) is 0 Å². The second kappa shape index (κ2) is 10.2. The summed E-state index contributed by atoms with van der Waals surface area (Å²) in [5.41, 5.74) is 0.295. The van der Waals surface area contributed by atoms with Crippen molar-refractivity contribution in [3.63, 3.8) is 0 Å². The predicted molar refractivity (Wildman–Crippen MR) is 137 cm³/mol. The molecule has 1 aromatic heterocycles. The SMILES string of the molecule is O=C(O)N1CCC(N2C(=O)SC(=Cc3ccc4c(cnn4Cc4ccc(Cl)cc4C(F)(F)F)c3)C2=O)C(O)C1. The van der Waals surface area contributed by atoms with Gasteiger partial charge in [-0.3, -0.25) is 19.2 Å². The summed E-state index contributed by atoms with van der Waals surface area (Å²) in [7, 11) is 0. The van der Waals surface area contributed by atoms with E-state index < -0.39 is 41.1 Å². The van der Waals surface area contributed by atoms with Crippen LogP contribution in [0.3, 0.4) is 0 Å². The smallest absolute Gasteiger partial charge is 0.416 e. The predicted octanol–water partition coefficient (Wildman–Crippen LogP) is 4.91. The van der Waals surface area contributed by atoms with E-state index in [1.54, 1.807) is 18.2 Å². The van der Waals surface area contributed by atoms with Gasteiger partial charge in [0.2, 0.25) is 0 Å². The van der Waals surface area contributed by atoms with E-state index in [1.165, 1.54) is 29.1 Å². The topological polar surface area (TPSA) is 116 Å². The molecule has 2 aliphatic heterocycles. The lowest BCUT2D eigenvalue weighted by Crippen LogP contribution is -2.56. The van der Waals surface area contributed by atoms with Gasteiger partial charge in [-0.15, -0.1) is 0 Å². The maximum absolute atomic E-state index is 13.5. The zero-order valence-corrected chi connectivity index (χ0v) is 21.5. The minimum Gasteiger partial charge on any atom is -0.465 e. The number of alkyl halides is 3. The minimum absolute atomic E-state index is 0.00558. The Morgan fingerprint density at radius 3 is 2.67 bits per heavy atom. The molecular weight excluding hydrogens is 561 g/mol. The van der Waals surface area contributed by atoms with Crippen LogP contribution in [-0.2, 0) is 17.5 Å². The summed E-state index contributed by atoms with van der Waals surface area (Å²) in [6.07, 6.45) is -3.84. The second-order valence-corrected chi connectivity index (χ2v) is 10.6. The van der Waals surface area contributed by atoms with Crippen LogP contribution in [0.25, 0.3) is 17.0 Å². The molecule has 9 nitrogen and oxygen atoms in total. The molecule has 5 rings (SSSR count). The van der Waals surface area contributed by atoms with E-state index >= 15 is 0 Å². The van der Waals surface area contributed by atoms with Gasteiger partial charge < -0.3 is 15.1 Å². The van der Waals surface area contributed by atoms with Gasteiger partial charge in [-0.1, -0.05) is 23.7 Å².